The van der Waals surface area contributed by atoms with Crippen LogP contribution >= 0.6 is 0 Å². The molecule has 0 atom stereocenters. The number of hydrogen-bond donors (Lipinski definition) is 0. The summed E-state index contributed by atoms with van der Waals surface area (Å²) in [6, 6.07) is 72.9. The summed E-state index contributed by atoms with van der Waals surface area (Å²) in [5.74, 6) is 2.21. The number of nitrogens with zero attached hydrogens (tertiary/aromatic N) is 8. The molecule has 65 heavy (non-hydrogen) atoms. The Kier molecular flexibility index (Phi) is 9.78. The third-order valence-corrected chi connectivity index (χ3v) is 11.6. The van der Waals surface area contributed by atoms with Gasteiger partial charge < -0.3 is 4.57 Å². The van der Waals surface area contributed by atoms with E-state index in [-0.39, 0.29) is 0 Å². The van der Waals surface area contributed by atoms with E-state index in [0.29, 0.717) is 34.4 Å². The topological polar surface area (TPSA) is 117 Å². The minimum absolute atomic E-state index is 0.442. The molecule has 8 heteroatoms. The standard InChI is InChI=1S/C57H34N8/c58-35-37-25-28-45(44(31-37)36-59)42-26-29-52-47(32-42)46-23-13-14-24-51(46)65(52)53-30-27-43(50-34-49(38-15-5-1-6-16-38)60-54(61-50)39-17-7-2-8-18-39)33-48(53)57-63-55(40-19-9-3-10-20-40)62-56(64-57)41-21-11-4-12-22-41/h1-34H. The van der Waals surface area contributed by atoms with Crippen LogP contribution in [0.1, 0.15) is 11.1 Å². The Morgan fingerprint density at radius 3 is 1.48 bits per heavy atom. The van der Waals surface area contributed by atoms with Gasteiger partial charge in [-0.05, 0) is 59.7 Å². The number of rotatable bonds is 8. The first-order valence-corrected chi connectivity index (χ1v) is 21.1. The maximum atomic E-state index is 10.1. The van der Waals surface area contributed by atoms with Crippen LogP contribution in [0.15, 0.2) is 206 Å². The largest absolute Gasteiger partial charge is 0.309 e. The van der Waals surface area contributed by atoms with Crippen molar-refractivity contribution in [2.24, 2.45) is 0 Å². The fourth-order valence-electron chi connectivity index (χ4n) is 8.42. The van der Waals surface area contributed by atoms with Crippen LogP contribution in [-0.2, 0) is 0 Å². The molecule has 0 amide bonds. The Bertz CT molecular complexity index is 3550. The van der Waals surface area contributed by atoms with Crippen LogP contribution in [-0.4, -0.2) is 29.5 Å². The molecule has 8 aromatic carbocycles. The highest BCUT2D eigenvalue weighted by molar-refractivity contribution is 6.11. The molecule has 0 radical (unpaired) electrons. The zero-order chi connectivity index (χ0) is 43.7. The monoisotopic (exact) mass is 830 g/mol. The molecule has 3 heterocycles. The third-order valence-electron chi connectivity index (χ3n) is 11.6. The highest BCUT2D eigenvalue weighted by atomic mass is 15.1. The maximum absolute atomic E-state index is 10.1. The van der Waals surface area contributed by atoms with Gasteiger partial charge in [-0.2, -0.15) is 10.5 Å². The van der Waals surface area contributed by atoms with Crippen LogP contribution < -0.4 is 0 Å². The van der Waals surface area contributed by atoms with Crippen LogP contribution in [0.3, 0.4) is 0 Å². The second kappa shape index (κ2) is 16.5. The predicted molar refractivity (Wildman–Crippen MR) is 257 cm³/mol. The van der Waals surface area contributed by atoms with Gasteiger partial charge in [0, 0.05) is 44.2 Å². The van der Waals surface area contributed by atoms with E-state index >= 15 is 0 Å². The van der Waals surface area contributed by atoms with Crippen molar-refractivity contribution < 1.29 is 0 Å². The molecule has 0 bridgehead atoms. The average Bonchev–Trinajstić information content (AvgIpc) is 3.72. The van der Waals surface area contributed by atoms with Crippen LogP contribution in [0, 0.1) is 22.7 Å². The third kappa shape index (κ3) is 7.23. The van der Waals surface area contributed by atoms with Crippen molar-refractivity contribution in [3.63, 3.8) is 0 Å². The number of benzene rings is 8. The molecule has 0 aliphatic heterocycles. The fraction of sp³-hybridized carbons (Fsp3) is 0. The van der Waals surface area contributed by atoms with Gasteiger partial charge in [-0.3, -0.25) is 0 Å². The quantitative estimate of drug-likeness (QED) is 0.150. The Morgan fingerprint density at radius 1 is 0.338 bits per heavy atom. The Hall–Kier alpha value is -9.37. The van der Waals surface area contributed by atoms with Crippen LogP contribution in [0.5, 0.6) is 0 Å². The molecule has 11 aromatic rings. The molecule has 0 aliphatic rings. The highest BCUT2D eigenvalue weighted by Crippen LogP contribution is 2.40. The highest BCUT2D eigenvalue weighted by Gasteiger charge is 2.22. The lowest BCUT2D eigenvalue weighted by atomic mass is 9.97. The van der Waals surface area contributed by atoms with Crippen molar-refractivity contribution >= 4 is 21.8 Å². The minimum Gasteiger partial charge on any atom is -0.309 e. The summed E-state index contributed by atoms with van der Waals surface area (Å²) in [5.41, 5.74) is 12.1. The zero-order valence-corrected chi connectivity index (χ0v) is 34.7. The molecular weight excluding hydrogens is 797 g/mol. The van der Waals surface area contributed by atoms with E-state index in [2.05, 4.69) is 71.3 Å². The van der Waals surface area contributed by atoms with Gasteiger partial charge in [0.05, 0.1) is 51.4 Å². The van der Waals surface area contributed by atoms with Crippen LogP contribution in [0.2, 0.25) is 0 Å². The van der Waals surface area contributed by atoms with Crippen LogP contribution in [0.4, 0.5) is 0 Å². The van der Waals surface area contributed by atoms with Crippen LogP contribution in [0.25, 0.3) is 107 Å². The van der Waals surface area contributed by atoms with E-state index in [1.54, 1.807) is 12.1 Å². The van der Waals surface area contributed by atoms with Crippen molar-refractivity contribution in [3.8, 4) is 97.0 Å². The number of nitriles is 2. The van der Waals surface area contributed by atoms with Crippen molar-refractivity contribution in [2.75, 3.05) is 0 Å². The molecular formula is C57H34N8. The number of aromatic nitrogens is 6. The van der Waals surface area contributed by atoms with Gasteiger partial charge in [-0.15, -0.1) is 0 Å². The molecule has 11 rings (SSSR count). The molecule has 0 fully saturated rings. The summed E-state index contributed by atoms with van der Waals surface area (Å²) in [7, 11) is 0. The first-order chi connectivity index (χ1) is 32.1. The molecule has 0 spiro atoms. The molecule has 8 nitrogen and oxygen atoms in total. The van der Waals surface area contributed by atoms with E-state index in [1.165, 1.54) is 0 Å². The summed E-state index contributed by atoms with van der Waals surface area (Å²) in [6.45, 7) is 0. The van der Waals surface area contributed by atoms with Gasteiger partial charge in [0.2, 0.25) is 0 Å². The molecule has 3 aromatic heterocycles. The molecule has 0 saturated carbocycles. The molecule has 302 valence electrons. The van der Waals surface area contributed by atoms with E-state index < -0.39 is 0 Å². The lowest BCUT2D eigenvalue weighted by Gasteiger charge is -2.17. The van der Waals surface area contributed by atoms with Gasteiger partial charge in [0.25, 0.3) is 0 Å². The lowest BCUT2D eigenvalue weighted by molar-refractivity contribution is 1.06. The number of hydrogen-bond acceptors (Lipinski definition) is 7. The number of para-hydroxylation sites is 1. The zero-order valence-electron chi connectivity index (χ0n) is 34.7. The molecule has 0 saturated heterocycles. The lowest BCUT2D eigenvalue weighted by Crippen LogP contribution is -2.04. The maximum Gasteiger partial charge on any atom is 0.166 e. The smallest absolute Gasteiger partial charge is 0.166 e. The Morgan fingerprint density at radius 2 is 0.862 bits per heavy atom. The molecule has 0 unspecified atom stereocenters. The normalized spacial score (nSPS) is 11.0. The Balaban J connectivity index is 1.19. The summed E-state index contributed by atoms with van der Waals surface area (Å²) in [5, 5.41) is 21.7. The SMILES string of the molecule is N#Cc1ccc(-c2ccc3c(c2)c2ccccc2n3-c2ccc(-c3cc(-c4ccccc4)nc(-c4ccccc4)n3)cc2-c2nc(-c3ccccc3)nc(-c3ccccc3)n2)c(C#N)c1. The number of fused-ring (bicyclic) bond motifs is 3. The summed E-state index contributed by atoms with van der Waals surface area (Å²) in [6.07, 6.45) is 0. The van der Waals surface area contributed by atoms with Gasteiger partial charge in [0.1, 0.15) is 0 Å². The molecule has 0 N–H and O–H groups in total. The molecule has 0 aliphatic carbocycles. The van der Waals surface area contributed by atoms with Gasteiger partial charge in [-0.1, -0.05) is 158 Å². The average molecular weight is 831 g/mol. The van der Waals surface area contributed by atoms with E-state index in [4.69, 9.17) is 24.9 Å². The minimum atomic E-state index is 0.442. The van der Waals surface area contributed by atoms with Gasteiger partial charge in [0.15, 0.2) is 23.3 Å². The first kappa shape index (κ1) is 38.5. The van der Waals surface area contributed by atoms with Gasteiger partial charge >= 0.3 is 0 Å². The second-order valence-electron chi connectivity index (χ2n) is 15.5. The summed E-state index contributed by atoms with van der Waals surface area (Å²) < 4.78 is 2.26. The Labute approximate surface area is 374 Å². The van der Waals surface area contributed by atoms with E-state index in [1.807, 2.05) is 140 Å². The van der Waals surface area contributed by atoms with E-state index in [0.717, 1.165) is 83.4 Å². The second-order valence-corrected chi connectivity index (χ2v) is 15.5. The van der Waals surface area contributed by atoms with Crippen molar-refractivity contribution in [3.05, 3.63) is 217 Å². The van der Waals surface area contributed by atoms with Crippen molar-refractivity contribution in [1.82, 2.24) is 29.5 Å². The summed E-state index contributed by atoms with van der Waals surface area (Å²) >= 11 is 0. The summed E-state index contributed by atoms with van der Waals surface area (Å²) in [4.78, 5) is 25.8. The van der Waals surface area contributed by atoms with Crippen molar-refractivity contribution in [1.29, 1.82) is 10.5 Å². The van der Waals surface area contributed by atoms with E-state index in [9.17, 15) is 10.5 Å². The van der Waals surface area contributed by atoms with Crippen molar-refractivity contribution in [2.45, 2.75) is 0 Å². The first-order valence-electron chi connectivity index (χ1n) is 21.1. The van der Waals surface area contributed by atoms with Gasteiger partial charge in [-0.25, -0.2) is 24.9 Å². The predicted octanol–water partition coefficient (Wildman–Crippen LogP) is 13.2. The fourth-order valence-corrected chi connectivity index (χ4v) is 8.42.